The van der Waals surface area contributed by atoms with Gasteiger partial charge in [0.2, 0.25) is 11.7 Å². The highest BCUT2D eigenvalue weighted by molar-refractivity contribution is 5.82. The first-order valence-corrected chi connectivity index (χ1v) is 9.53. The van der Waals surface area contributed by atoms with Crippen LogP contribution in [0.3, 0.4) is 0 Å². The van der Waals surface area contributed by atoms with E-state index in [0.29, 0.717) is 43.7 Å². The van der Waals surface area contributed by atoms with Crippen LogP contribution in [0, 0.1) is 28.6 Å². The highest BCUT2D eigenvalue weighted by Crippen LogP contribution is 2.32. The van der Waals surface area contributed by atoms with Crippen molar-refractivity contribution in [3.8, 4) is 12.1 Å². The van der Waals surface area contributed by atoms with Gasteiger partial charge in [-0.05, 0) is 36.6 Å². The highest BCUT2D eigenvalue weighted by atomic mass is 16.2. The summed E-state index contributed by atoms with van der Waals surface area (Å²) in [5.41, 5.74) is 1.51. The normalized spacial score (nSPS) is 19.0. The molecule has 1 amide bonds. The molecule has 1 aromatic heterocycles. The molecule has 0 radical (unpaired) electrons. The number of aromatic nitrogens is 2. The predicted molar refractivity (Wildman–Crippen MR) is 106 cm³/mol. The van der Waals surface area contributed by atoms with Gasteiger partial charge in [0, 0.05) is 37.8 Å². The molecule has 29 heavy (non-hydrogen) atoms. The minimum absolute atomic E-state index is 0.0196. The Kier molecular flexibility index (Phi) is 5.17. The second-order valence-electron chi connectivity index (χ2n) is 7.08. The van der Waals surface area contributed by atoms with E-state index in [4.69, 9.17) is 10.5 Å². The van der Waals surface area contributed by atoms with Gasteiger partial charge >= 0.3 is 0 Å². The van der Waals surface area contributed by atoms with Crippen LogP contribution in [0.15, 0.2) is 41.6 Å². The zero-order chi connectivity index (χ0) is 20.2. The van der Waals surface area contributed by atoms with Gasteiger partial charge in [0.15, 0.2) is 0 Å². The lowest BCUT2D eigenvalue weighted by Crippen LogP contribution is -2.41. The maximum Gasteiger partial charge on any atom is 0.246 e. The zero-order valence-corrected chi connectivity index (χ0v) is 15.8. The Morgan fingerprint density at radius 2 is 1.97 bits per heavy atom. The number of carbonyl (C=O) groups is 1. The molecule has 1 saturated heterocycles. The third-order valence-electron chi connectivity index (χ3n) is 5.37. The average Bonchev–Trinajstić information content (AvgIpc) is 3.29. The van der Waals surface area contributed by atoms with Gasteiger partial charge in [-0.15, -0.1) is 0 Å². The Morgan fingerprint density at radius 1 is 1.14 bits per heavy atom. The SMILES string of the molecule is N#Cc1cccc([C@@H]2CC=NN2C(=O)C2CCN(c3ccnc(C#N)n3)CC2)c1. The molecule has 0 aliphatic carbocycles. The third kappa shape index (κ3) is 3.78. The first-order chi connectivity index (χ1) is 14.2. The monoisotopic (exact) mass is 385 g/mol. The molecule has 0 spiro atoms. The number of benzene rings is 1. The van der Waals surface area contributed by atoms with Gasteiger partial charge in [-0.2, -0.15) is 15.6 Å². The fourth-order valence-electron chi connectivity index (χ4n) is 3.84. The maximum absolute atomic E-state index is 13.1. The lowest BCUT2D eigenvalue weighted by Gasteiger charge is -2.34. The van der Waals surface area contributed by atoms with Crippen LogP contribution < -0.4 is 4.90 Å². The summed E-state index contributed by atoms with van der Waals surface area (Å²) in [6.45, 7) is 1.37. The number of hydrazone groups is 1. The number of nitrogens with zero attached hydrogens (tertiary/aromatic N) is 7. The topological polar surface area (TPSA) is 109 Å². The van der Waals surface area contributed by atoms with Crippen molar-refractivity contribution < 1.29 is 4.79 Å². The molecule has 3 heterocycles. The Balaban J connectivity index is 1.43. The van der Waals surface area contributed by atoms with Crippen molar-refractivity contribution in [2.45, 2.75) is 25.3 Å². The van der Waals surface area contributed by atoms with Crippen LogP contribution in [0.2, 0.25) is 0 Å². The molecule has 2 aliphatic rings. The van der Waals surface area contributed by atoms with E-state index < -0.39 is 0 Å². The van der Waals surface area contributed by atoms with E-state index in [1.54, 1.807) is 29.6 Å². The molecule has 1 fully saturated rings. The first kappa shape index (κ1) is 18.6. The summed E-state index contributed by atoms with van der Waals surface area (Å²) in [6, 6.07) is 13.1. The molecular formula is C21H19N7O. The van der Waals surface area contributed by atoms with E-state index in [1.165, 1.54) is 0 Å². The summed E-state index contributed by atoms with van der Waals surface area (Å²) in [7, 11) is 0. The summed E-state index contributed by atoms with van der Waals surface area (Å²) in [5.74, 6) is 0.772. The molecule has 0 unspecified atom stereocenters. The van der Waals surface area contributed by atoms with Crippen LogP contribution in [-0.2, 0) is 4.79 Å². The van der Waals surface area contributed by atoms with Crippen molar-refractivity contribution in [3.63, 3.8) is 0 Å². The standard InChI is InChI=1S/C21H19N7O/c22-13-15-2-1-3-17(12-15)18-4-9-25-28(18)21(29)16-6-10-27(11-7-16)20-5-8-24-19(14-23)26-20/h1-3,5,8-9,12,16,18H,4,6-7,10-11H2/t18-/m0/s1. The van der Waals surface area contributed by atoms with Crippen LogP contribution in [0.1, 0.15) is 42.3 Å². The van der Waals surface area contributed by atoms with E-state index in [0.717, 1.165) is 5.56 Å². The van der Waals surface area contributed by atoms with Crippen LogP contribution in [0.25, 0.3) is 0 Å². The summed E-state index contributed by atoms with van der Waals surface area (Å²) in [5, 5.41) is 24.0. The first-order valence-electron chi connectivity index (χ1n) is 9.53. The third-order valence-corrected chi connectivity index (χ3v) is 5.37. The number of rotatable bonds is 3. The van der Waals surface area contributed by atoms with Crippen molar-refractivity contribution in [1.29, 1.82) is 10.5 Å². The number of anilines is 1. The van der Waals surface area contributed by atoms with Gasteiger partial charge in [-0.1, -0.05) is 12.1 Å². The van der Waals surface area contributed by atoms with E-state index in [1.807, 2.05) is 24.3 Å². The van der Waals surface area contributed by atoms with E-state index in [9.17, 15) is 4.79 Å². The van der Waals surface area contributed by atoms with Gasteiger partial charge in [0.05, 0.1) is 17.7 Å². The second-order valence-corrected chi connectivity index (χ2v) is 7.08. The predicted octanol–water partition coefficient (Wildman–Crippen LogP) is 2.40. The fourth-order valence-corrected chi connectivity index (χ4v) is 3.84. The van der Waals surface area contributed by atoms with Gasteiger partial charge in [0.1, 0.15) is 11.9 Å². The zero-order valence-electron chi connectivity index (χ0n) is 15.8. The largest absolute Gasteiger partial charge is 0.356 e. The van der Waals surface area contributed by atoms with Crippen molar-refractivity contribution in [2.75, 3.05) is 18.0 Å². The number of amides is 1. The highest BCUT2D eigenvalue weighted by Gasteiger charge is 2.35. The Hall–Kier alpha value is -3.78. The minimum atomic E-state index is -0.158. The molecule has 0 saturated carbocycles. The number of hydrogen-bond donors (Lipinski definition) is 0. The molecule has 2 aromatic rings. The quantitative estimate of drug-likeness (QED) is 0.802. The summed E-state index contributed by atoms with van der Waals surface area (Å²) in [4.78, 5) is 23.4. The average molecular weight is 385 g/mol. The van der Waals surface area contributed by atoms with Crippen molar-refractivity contribution >= 4 is 17.9 Å². The molecule has 144 valence electrons. The van der Waals surface area contributed by atoms with Crippen molar-refractivity contribution in [3.05, 3.63) is 53.5 Å². The number of piperidine rings is 1. The molecule has 8 heteroatoms. The molecule has 1 atom stereocenters. The molecular weight excluding hydrogens is 366 g/mol. The fraction of sp³-hybridized carbons (Fsp3) is 0.333. The lowest BCUT2D eigenvalue weighted by atomic mass is 9.94. The Labute approximate surface area is 168 Å². The van der Waals surface area contributed by atoms with Gasteiger partial charge in [-0.3, -0.25) is 4.79 Å². The Morgan fingerprint density at radius 3 is 2.72 bits per heavy atom. The maximum atomic E-state index is 13.1. The molecule has 2 aliphatic heterocycles. The smallest absolute Gasteiger partial charge is 0.246 e. The van der Waals surface area contributed by atoms with E-state index >= 15 is 0 Å². The summed E-state index contributed by atoms with van der Waals surface area (Å²) in [6.07, 6.45) is 5.39. The molecule has 1 aromatic carbocycles. The van der Waals surface area contributed by atoms with Crippen LogP contribution in [0.4, 0.5) is 5.82 Å². The van der Waals surface area contributed by atoms with Gasteiger partial charge < -0.3 is 4.90 Å². The van der Waals surface area contributed by atoms with Gasteiger partial charge in [-0.25, -0.2) is 15.0 Å². The molecule has 8 nitrogen and oxygen atoms in total. The second kappa shape index (κ2) is 8.07. The summed E-state index contributed by atoms with van der Waals surface area (Å²) >= 11 is 0. The number of nitriles is 2. The van der Waals surface area contributed by atoms with Gasteiger partial charge in [0.25, 0.3) is 0 Å². The number of hydrogen-bond acceptors (Lipinski definition) is 7. The van der Waals surface area contributed by atoms with Crippen LogP contribution in [-0.4, -0.2) is 40.2 Å². The lowest BCUT2D eigenvalue weighted by molar-refractivity contribution is -0.138. The van der Waals surface area contributed by atoms with Crippen molar-refractivity contribution in [2.24, 2.45) is 11.0 Å². The minimum Gasteiger partial charge on any atom is -0.356 e. The number of carbonyl (C=O) groups excluding carboxylic acids is 1. The molecule has 4 rings (SSSR count). The van der Waals surface area contributed by atoms with Crippen molar-refractivity contribution in [1.82, 2.24) is 15.0 Å². The van der Waals surface area contributed by atoms with Crippen LogP contribution >= 0.6 is 0 Å². The summed E-state index contributed by atoms with van der Waals surface area (Å²) < 4.78 is 0. The molecule has 0 bridgehead atoms. The molecule has 0 N–H and O–H groups in total. The van der Waals surface area contributed by atoms with E-state index in [2.05, 4.69) is 26.0 Å². The van der Waals surface area contributed by atoms with E-state index in [-0.39, 0.29) is 23.7 Å². The Bertz CT molecular complexity index is 1030. The van der Waals surface area contributed by atoms with Crippen LogP contribution in [0.5, 0.6) is 0 Å².